The van der Waals surface area contributed by atoms with Crippen molar-refractivity contribution in [1.82, 2.24) is 0 Å². The van der Waals surface area contributed by atoms with E-state index in [2.05, 4.69) is 10.1 Å². The van der Waals surface area contributed by atoms with Gasteiger partial charge in [-0.1, -0.05) is 11.6 Å². The van der Waals surface area contributed by atoms with Gasteiger partial charge in [0.15, 0.2) is 0 Å². The summed E-state index contributed by atoms with van der Waals surface area (Å²) in [6.45, 7) is 1.15. The first-order chi connectivity index (χ1) is 10.5. The van der Waals surface area contributed by atoms with Gasteiger partial charge in [0.05, 0.1) is 5.56 Å². The first kappa shape index (κ1) is 15.7. The lowest BCUT2D eigenvalue weighted by molar-refractivity contribution is -0.135. The number of halogens is 1. The van der Waals surface area contributed by atoms with Crippen LogP contribution in [0.1, 0.15) is 27.6 Å². The van der Waals surface area contributed by atoms with E-state index >= 15 is 0 Å². The van der Waals surface area contributed by atoms with Crippen molar-refractivity contribution in [2.24, 2.45) is 0 Å². The van der Waals surface area contributed by atoms with Gasteiger partial charge in [0, 0.05) is 23.2 Å². The van der Waals surface area contributed by atoms with Crippen molar-refractivity contribution in [1.29, 1.82) is 0 Å². The monoisotopic (exact) mass is 317 g/mol. The molecule has 22 heavy (non-hydrogen) atoms. The van der Waals surface area contributed by atoms with Gasteiger partial charge in [-0.2, -0.15) is 0 Å². The standard InChI is InChI=1S/C16H12ClNO4/c1-10(19)22-16(21)12-4-8-14(9-5-12)18-15(20)11-2-6-13(17)7-3-11/h2-9H,1H3,(H,18,20). The number of amides is 1. The molecule has 0 atom stereocenters. The van der Waals surface area contributed by atoms with Gasteiger partial charge in [-0.05, 0) is 48.5 Å². The Kier molecular flexibility index (Phi) is 4.91. The molecule has 5 nitrogen and oxygen atoms in total. The summed E-state index contributed by atoms with van der Waals surface area (Å²) >= 11 is 5.76. The van der Waals surface area contributed by atoms with Gasteiger partial charge in [-0.3, -0.25) is 9.59 Å². The minimum absolute atomic E-state index is 0.222. The molecule has 1 N–H and O–H groups in total. The van der Waals surface area contributed by atoms with Crippen molar-refractivity contribution in [3.05, 3.63) is 64.7 Å². The quantitative estimate of drug-likeness (QED) is 0.696. The fraction of sp³-hybridized carbons (Fsp3) is 0.0625. The fourth-order valence-corrected chi connectivity index (χ4v) is 1.81. The van der Waals surface area contributed by atoms with Crippen LogP contribution >= 0.6 is 11.6 Å². The van der Waals surface area contributed by atoms with Crippen molar-refractivity contribution in [3.8, 4) is 0 Å². The Morgan fingerprint density at radius 3 is 2.00 bits per heavy atom. The van der Waals surface area contributed by atoms with Crippen LogP contribution in [-0.2, 0) is 9.53 Å². The number of hydrogen-bond donors (Lipinski definition) is 1. The number of hydrogen-bond acceptors (Lipinski definition) is 4. The molecular formula is C16H12ClNO4. The number of nitrogens with one attached hydrogen (secondary N) is 1. The highest BCUT2D eigenvalue weighted by Gasteiger charge is 2.10. The number of carbonyl (C=O) groups excluding carboxylic acids is 3. The smallest absolute Gasteiger partial charge is 0.345 e. The van der Waals surface area contributed by atoms with Crippen LogP contribution in [0.5, 0.6) is 0 Å². The molecule has 0 unspecified atom stereocenters. The SMILES string of the molecule is CC(=O)OC(=O)c1ccc(NC(=O)c2ccc(Cl)cc2)cc1. The van der Waals surface area contributed by atoms with Crippen LogP contribution in [0.25, 0.3) is 0 Å². The third-order valence-electron chi connectivity index (χ3n) is 2.72. The Labute approximate surface area is 131 Å². The molecule has 0 saturated carbocycles. The third-order valence-corrected chi connectivity index (χ3v) is 2.97. The number of benzene rings is 2. The second-order valence-corrected chi connectivity index (χ2v) is 4.86. The van der Waals surface area contributed by atoms with E-state index in [0.717, 1.165) is 6.92 Å². The van der Waals surface area contributed by atoms with Gasteiger partial charge in [-0.25, -0.2) is 4.79 Å². The summed E-state index contributed by atoms with van der Waals surface area (Å²) in [4.78, 5) is 34.2. The summed E-state index contributed by atoms with van der Waals surface area (Å²) < 4.78 is 4.46. The minimum Gasteiger partial charge on any atom is -0.390 e. The molecule has 1 amide bonds. The number of carbonyl (C=O) groups is 3. The van der Waals surface area contributed by atoms with Crippen molar-refractivity contribution in [2.45, 2.75) is 6.92 Å². The summed E-state index contributed by atoms with van der Waals surface area (Å²) in [7, 11) is 0. The van der Waals surface area contributed by atoms with E-state index in [0.29, 0.717) is 16.3 Å². The van der Waals surface area contributed by atoms with Gasteiger partial charge in [-0.15, -0.1) is 0 Å². The van der Waals surface area contributed by atoms with E-state index in [-0.39, 0.29) is 11.5 Å². The van der Waals surface area contributed by atoms with Crippen LogP contribution in [-0.4, -0.2) is 17.8 Å². The Bertz CT molecular complexity index is 708. The highest BCUT2D eigenvalue weighted by Crippen LogP contribution is 2.14. The molecule has 0 saturated heterocycles. The van der Waals surface area contributed by atoms with Crippen LogP contribution in [0.15, 0.2) is 48.5 Å². The molecule has 0 aliphatic rings. The predicted octanol–water partition coefficient (Wildman–Crippen LogP) is 3.30. The first-order valence-corrected chi connectivity index (χ1v) is 6.73. The van der Waals surface area contributed by atoms with E-state index in [4.69, 9.17) is 11.6 Å². The highest BCUT2D eigenvalue weighted by molar-refractivity contribution is 6.30. The zero-order valence-electron chi connectivity index (χ0n) is 11.6. The maximum atomic E-state index is 12.0. The largest absolute Gasteiger partial charge is 0.390 e. The Hall–Kier alpha value is -2.66. The third kappa shape index (κ3) is 4.17. The molecule has 0 radical (unpaired) electrons. The number of esters is 2. The second-order valence-electron chi connectivity index (χ2n) is 4.42. The molecule has 2 aromatic carbocycles. The Balaban J connectivity index is 2.04. The number of ether oxygens (including phenoxy) is 1. The molecule has 2 rings (SSSR count). The van der Waals surface area contributed by atoms with Gasteiger partial charge < -0.3 is 10.1 Å². The van der Waals surface area contributed by atoms with Crippen LogP contribution in [0.4, 0.5) is 5.69 Å². The van der Waals surface area contributed by atoms with Crippen molar-refractivity contribution in [2.75, 3.05) is 5.32 Å². The van der Waals surface area contributed by atoms with Crippen LogP contribution < -0.4 is 5.32 Å². The molecule has 0 fully saturated rings. The average molecular weight is 318 g/mol. The molecule has 2 aromatic rings. The van der Waals surface area contributed by atoms with E-state index in [9.17, 15) is 14.4 Å². The van der Waals surface area contributed by atoms with E-state index < -0.39 is 11.9 Å². The molecule has 6 heteroatoms. The highest BCUT2D eigenvalue weighted by atomic mass is 35.5. The second kappa shape index (κ2) is 6.87. The molecular weight excluding hydrogens is 306 g/mol. The average Bonchev–Trinajstić information content (AvgIpc) is 2.48. The van der Waals surface area contributed by atoms with Gasteiger partial charge in [0.25, 0.3) is 5.91 Å². The molecule has 112 valence electrons. The fourth-order valence-electron chi connectivity index (χ4n) is 1.68. The lowest BCUT2D eigenvalue weighted by Crippen LogP contribution is -2.12. The number of anilines is 1. The van der Waals surface area contributed by atoms with Crippen molar-refractivity contribution in [3.63, 3.8) is 0 Å². The van der Waals surface area contributed by atoms with Crippen LogP contribution in [0.3, 0.4) is 0 Å². The molecule has 0 bridgehead atoms. The maximum absolute atomic E-state index is 12.0. The van der Waals surface area contributed by atoms with Crippen molar-refractivity contribution >= 4 is 35.1 Å². The zero-order valence-corrected chi connectivity index (χ0v) is 12.4. The van der Waals surface area contributed by atoms with Gasteiger partial charge >= 0.3 is 11.9 Å². The van der Waals surface area contributed by atoms with Gasteiger partial charge in [0.2, 0.25) is 0 Å². The first-order valence-electron chi connectivity index (χ1n) is 6.35. The Morgan fingerprint density at radius 1 is 0.909 bits per heavy atom. The minimum atomic E-state index is -0.733. The molecule has 0 aliphatic heterocycles. The maximum Gasteiger partial charge on any atom is 0.345 e. The zero-order chi connectivity index (χ0) is 16.1. The summed E-state index contributed by atoms with van der Waals surface area (Å²) in [5, 5.41) is 3.23. The molecule has 0 aromatic heterocycles. The number of rotatable bonds is 3. The molecule has 0 heterocycles. The molecule has 0 spiro atoms. The van der Waals surface area contributed by atoms with E-state index in [1.165, 1.54) is 12.1 Å². The van der Waals surface area contributed by atoms with E-state index in [1.54, 1.807) is 36.4 Å². The Morgan fingerprint density at radius 2 is 1.45 bits per heavy atom. The van der Waals surface area contributed by atoms with Crippen molar-refractivity contribution < 1.29 is 19.1 Å². The summed E-state index contributed by atoms with van der Waals surface area (Å²) in [6.07, 6.45) is 0. The lowest BCUT2D eigenvalue weighted by Gasteiger charge is -2.06. The van der Waals surface area contributed by atoms with Gasteiger partial charge in [0.1, 0.15) is 0 Å². The predicted molar refractivity (Wildman–Crippen MR) is 81.9 cm³/mol. The van der Waals surface area contributed by atoms with Crippen LogP contribution in [0, 0.1) is 0 Å². The van der Waals surface area contributed by atoms with Crippen LogP contribution in [0.2, 0.25) is 5.02 Å². The summed E-state index contributed by atoms with van der Waals surface area (Å²) in [6, 6.07) is 12.5. The van der Waals surface area contributed by atoms with E-state index in [1.807, 2.05) is 0 Å². The summed E-state index contributed by atoms with van der Waals surface area (Å²) in [5.74, 6) is -1.70. The normalized spacial score (nSPS) is 9.91. The molecule has 0 aliphatic carbocycles. The summed E-state index contributed by atoms with van der Waals surface area (Å²) in [5.41, 5.74) is 1.20. The topological polar surface area (TPSA) is 72.5 Å². The lowest BCUT2D eigenvalue weighted by atomic mass is 10.2.